The van der Waals surface area contributed by atoms with Crippen molar-refractivity contribution in [3.63, 3.8) is 0 Å². The second-order valence-electron chi connectivity index (χ2n) is 4.92. The number of halogens is 1. The lowest BCUT2D eigenvalue weighted by Crippen LogP contribution is -2.06. The number of hydrogen-bond acceptors (Lipinski definition) is 3. The van der Waals surface area contributed by atoms with Gasteiger partial charge in [-0.2, -0.15) is 0 Å². The number of rotatable bonds is 5. The molecule has 2 aromatic carbocycles. The molecule has 0 bridgehead atoms. The largest absolute Gasteiger partial charge is 0.496 e. The zero-order valence-corrected chi connectivity index (χ0v) is 14.0. The van der Waals surface area contributed by atoms with Gasteiger partial charge in [0.05, 0.1) is 20.3 Å². The van der Waals surface area contributed by atoms with Crippen LogP contribution < -0.4 is 9.47 Å². The van der Waals surface area contributed by atoms with Gasteiger partial charge in [-0.25, -0.2) is 0 Å². The van der Waals surface area contributed by atoms with Crippen LogP contribution in [0.15, 0.2) is 40.9 Å². The lowest BCUT2D eigenvalue weighted by molar-refractivity contribution is 0.172. The molecule has 0 aliphatic heterocycles. The van der Waals surface area contributed by atoms with Gasteiger partial charge >= 0.3 is 0 Å². The van der Waals surface area contributed by atoms with E-state index >= 15 is 0 Å². The highest BCUT2D eigenvalue weighted by atomic mass is 79.9. The van der Waals surface area contributed by atoms with E-state index in [9.17, 15) is 5.11 Å². The van der Waals surface area contributed by atoms with Gasteiger partial charge in [0.1, 0.15) is 11.5 Å². The predicted octanol–water partition coefficient (Wildman–Crippen LogP) is 4.05. The molecular weight excluding hydrogens is 332 g/mol. The lowest BCUT2D eigenvalue weighted by Gasteiger charge is -2.17. The summed E-state index contributed by atoms with van der Waals surface area (Å²) < 4.78 is 11.7. The maximum Gasteiger partial charge on any atom is 0.124 e. The fraction of sp³-hybridized carbons (Fsp3) is 0.294. The molecule has 0 aliphatic rings. The minimum absolute atomic E-state index is 0.461. The van der Waals surface area contributed by atoms with E-state index in [1.165, 1.54) is 0 Å². The van der Waals surface area contributed by atoms with Crippen LogP contribution in [0.2, 0.25) is 0 Å². The molecular formula is C17H19BrO3. The van der Waals surface area contributed by atoms with Gasteiger partial charge in [0, 0.05) is 16.5 Å². The van der Waals surface area contributed by atoms with Gasteiger partial charge in [0.2, 0.25) is 0 Å². The molecule has 0 spiro atoms. The molecule has 0 saturated carbocycles. The van der Waals surface area contributed by atoms with Crippen molar-refractivity contribution in [3.8, 4) is 11.5 Å². The normalized spacial score (nSPS) is 12.0. The van der Waals surface area contributed by atoms with Gasteiger partial charge in [-0.05, 0) is 42.8 Å². The fourth-order valence-electron chi connectivity index (χ4n) is 2.34. The van der Waals surface area contributed by atoms with E-state index in [1.54, 1.807) is 14.2 Å². The Morgan fingerprint density at radius 3 is 2.38 bits per heavy atom. The first-order valence-electron chi connectivity index (χ1n) is 6.70. The summed E-state index contributed by atoms with van der Waals surface area (Å²) in [5.74, 6) is 1.46. The Kier molecular flexibility index (Phi) is 5.26. The first-order chi connectivity index (χ1) is 10.0. The van der Waals surface area contributed by atoms with E-state index in [-0.39, 0.29) is 0 Å². The molecule has 1 unspecified atom stereocenters. The van der Waals surface area contributed by atoms with Crippen LogP contribution in [0.5, 0.6) is 11.5 Å². The first-order valence-corrected chi connectivity index (χ1v) is 7.49. The fourth-order valence-corrected chi connectivity index (χ4v) is 2.75. The van der Waals surface area contributed by atoms with Gasteiger partial charge in [0.25, 0.3) is 0 Å². The number of aliphatic hydroxyl groups is 1. The molecule has 112 valence electrons. The number of hydrogen-bond donors (Lipinski definition) is 1. The molecule has 0 fully saturated rings. The summed E-state index contributed by atoms with van der Waals surface area (Å²) in [5, 5.41) is 10.6. The minimum atomic E-state index is -0.650. The van der Waals surface area contributed by atoms with Crippen LogP contribution in [0, 0.1) is 6.92 Å². The Morgan fingerprint density at radius 2 is 1.71 bits per heavy atom. The average Bonchev–Trinajstić information content (AvgIpc) is 2.47. The average molecular weight is 351 g/mol. The van der Waals surface area contributed by atoms with Gasteiger partial charge < -0.3 is 14.6 Å². The first kappa shape index (κ1) is 15.9. The number of methoxy groups -OCH3 is 2. The highest BCUT2D eigenvalue weighted by molar-refractivity contribution is 9.10. The monoisotopic (exact) mass is 350 g/mol. The molecule has 0 aliphatic carbocycles. The minimum Gasteiger partial charge on any atom is -0.496 e. The Labute approximate surface area is 133 Å². The number of aryl methyl sites for hydroxylation is 1. The van der Waals surface area contributed by atoms with Crippen molar-refractivity contribution in [2.24, 2.45) is 0 Å². The highest BCUT2D eigenvalue weighted by Gasteiger charge is 2.16. The Balaban J connectivity index is 2.31. The topological polar surface area (TPSA) is 38.7 Å². The molecule has 2 aromatic rings. The van der Waals surface area contributed by atoms with Crippen molar-refractivity contribution in [1.29, 1.82) is 0 Å². The Bertz CT molecular complexity index is 625. The molecule has 3 nitrogen and oxygen atoms in total. The van der Waals surface area contributed by atoms with Crippen LogP contribution in [-0.2, 0) is 6.42 Å². The second-order valence-corrected chi connectivity index (χ2v) is 5.84. The van der Waals surface area contributed by atoms with Crippen molar-refractivity contribution in [3.05, 3.63) is 57.6 Å². The molecule has 0 aromatic heterocycles. The van der Waals surface area contributed by atoms with Crippen LogP contribution in [-0.4, -0.2) is 19.3 Å². The van der Waals surface area contributed by atoms with Crippen molar-refractivity contribution < 1.29 is 14.6 Å². The van der Waals surface area contributed by atoms with Crippen LogP contribution in [0.4, 0.5) is 0 Å². The molecule has 4 heteroatoms. The van der Waals surface area contributed by atoms with E-state index < -0.39 is 6.10 Å². The zero-order chi connectivity index (χ0) is 15.4. The SMILES string of the molecule is COc1ccc(Br)cc1CC(O)c1cc(C)ccc1OC. The Morgan fingerprint density at radius 1 is 1.05 bits per heavy atom. The van der Waals surface area contributed by atoms with E-state index in [2.05, 4.69) is 15.9 Å². The van der Waals surface area contributed by atoms with E-state index in [0.29, 0.717) is 12.2 Å². The summed E-state index contributed by atoms with van der Waals surface area (Å²) in [6.07, 6.45) is -0.189. The zero-order valence-electron chi connectivity index (χ0n) is 12.4. The molecule has 1 N–H and O–H groups in total. The lowest BCUT2D eigenvalue weighted by atomic mass is 9.98. The second kappa shape index (κ2) is 6.96. The molecule has 0 radical (unpaired) electrons. The molecule has 0 heterocycles. The van der Waals surface area contributed by atoms with Gasteiger partial charge in [-0.1, -0.05) is 27.6 Å². The predicted molar refractivity (Wildman–Crippen MR) is 87.1 cm³/mol. The summed E-state index contributed by atoms with van der Waals surface area (Å²) in [4.78, 5) is 0. The third kappa shape index (κ3) is 3.77. The van der Waals surface area contributed by atoms with Crippen LogP contribution >= 0.6 is 15.9 Å². The van der Waals surface area contributed by atoms with Crippen LogP contribution in [0.1, 0.15) is 22.8 Å². The van der Waals surface area contributed by atoms with Crippen LogP contribution in [0.3, 0.4) is 0 Å². The summed E-state index contributed by atoms with van der Waals surface area (Å²) in [7, 11) is 3.24. The third-order valence-electron chi connectivity index (χ3n) is 3.40. The molecule has 1 atom stereocenters. The van der Waals surface area contributed by atoms with Gasteiger partial charge in [-0.3, -0.25) is 0 Å². The maximum absolute atomic E-state index is 10.6. The van der Waals surface area contributed by atoms with Crippen molar-refractivity contribution in [1.82, 2.24) is 0 Å². The molecule has 0 saturated heterocycles. The molecule has 21 heavy (non-hydrogen) atoms. The summed E-state index contributed by atoms with van der Waals surface area (Å²) >= 11 is 3.45. The standard InChI is InChI=1S/C17H19BrO3/c1-11-4-6-17(21-3)14(8-11)15(19)10-12-9-13(18)5-7-16(12)20-2/h4-9,15,19H,10H2,1-3H3. The highest BCUT2D eigenvalue weighted by Crippen LogP contribution is 2.32. The molecule has 0 amide bonds. The van der Waals surface area contributed by atoms with E-state index in [1.807, 2.05) is 43.3 Å². The summed E-state index contributed by atoms with van der Waals surface area (Å²) in [6.45, 7) is 2.00. The third-order valence-corrected chi connectivity index (χ3v) is 3.89. The van der Waals surface area contributed by atoms with Crippen molar-refractivity contribution in [2.45, 2.75) is 19.4 Å². The smallest absolute Gasteiger partial charge is 0.124 e. The van der Waals surface area contributed by atoms with Crippen molar-refractivity contribution in [2.75, 3.05) is 14.2 Å². The summed E-state index contributed by atoms with van der Waals surface area (Å²) in [5.41, 5.74) is 2.83. The quantitative estimate of drug-likeness (QED) is 0.883. The van der Waals surface area contributed by atoms with Crippen molar-refractivity contribution >= 4 is 15.9 Å². The van der Waals surface area contributed by atoms with Gasteiger partial charge in [-0.15, -0.1) is 0 Å². The molecule has 2 rings (SSSR count). The number of ether oxygens (including phenoxy) is 2. The Hall–Kier alpha value is -1.52. The number of benzene rings is 2. The van der Waals surface area contributed by atoms with E-state index in [4.69, 9.17) is 9.47 Å². The van der Waals surface area contributed by atoms with E-state index in [0.717, 1.165) is 26.9 Å². The van der Waals surface area contributed by atoms with Gasteiger partial charge in [0.15, 0.2) is 0 Å². The number of aliphatic hydroxyl groups excluding tert-OH is 1. The summed E-state index contributed by atoms with van der Waals surface area (Å²) in [6, 6.07) is 11.6. The maximum atomic E-state index is 10.6. The van der Waals surface area contributed by atoms with Crippen LogP contribution in [0.25, 0.3) is 0 Å².